The van der Waals surface area contributed by atoms with Crippen molar-refractivity contribution in [3.63, 3.8) is 0 Å². The van der Waals surface area contributed by atoms with E-state index in [0.717, 1.165) is 17.7 Å². The minimum atomic E-state index is -3.86. The van der Waals surface area contributed by atoms with Crippen LogP contribution in [0.15, 0.2) is 29.7 Å². The van der Waals surface area contributed by atoms with Gasteiger partial charge in [-0.3, -0.25) is 0 Å². The zero-order chi connectivity index (χ0) is 15.2. The molecule has 110 valence electrons. The molecule has 0 fully saturated rings. The lowest BCUT2D eigenvalue weighted by Gasteiger charge is -2.12. The van der Waals surface area contributed by atoms with Gasteiger partial charge in [-0.25, -0.2) is 27.2 Å². The first-order chi connectivity index (χ1) is 9.89. The van der Waals surface area contributed by atoms with Crippen LogP contribution in [0, 0.1) is 18.6 Å². The van der Waals surface area contributed by atoms with Crippen LogP contribution < -0.4 is 0 Å². The fourth-order valence-electron chi connectivity index (χ4n) is 2.58. The average molecular weight is 310 g/mol. The Hall–Kier alpha value is -1.89. The SMILES string of the molecule is Cc1cnc(S(=O)(=O)C2CCc3c(F)cc(F)cc32)nc1. The van der Waals surface area contributed by atoms with Crippen LogP contribution in [-0.2, 0) is 16.3 Å². The number of benzene rings is 1. The molecule has 0 N–H and O–H groups in total. The highest BCUT2D eigenvalue weighted by Crippen LogP contribution is 2.40. The van der Waals surface area contributed by atoms with Gasteiger partial charge in [-0.05, 0) is 42.5 Å². The largest absolute Gasteiger partial charge is 0.247 e. The monoisotopic (exact) mass is 310 g/mol. The van der Waals surface area contributed by atoms with E-state index in [1.54, 1.807) is 6.92 Å². The predicted octanol–water partition coefficient (Wildman–Crippen LogP) is 2.52. The van der Waals surface area contributed by atoms with Gasteiger partial charge in [-0.1, -0.05) is 0 Å². The normalized spacial score (nSPS) is 17.8. The Kier molecular flexibility index (Phi) is 3.24. The Morgan fingerprint density at radius 3 is 2.52 bits per heavy atom. The summed E-state index contributed by atoms with van der Waals surface area (Å²) in [5.74, 6) is -1.48. The Labute approximate surface area is 120 Å². The summed E-state index contributed by atoms with van der Waals surface area (Å²) < 4.78 is 52.2. The van der Waals surface area contributed by atoms with Gasteiger partial charge in [0.25, 0.3) is 0 Å². The topological polar surface area (TPSA) is 59.9 Å². The first-order valence-electron chi connectivity index (χ1n) is 6.40. The van der Waals surface area contributed by atoms with E-state index in [4.69, 9.17) is 0 Å². The van der Waals surface area contributed by atoms with Crippen LogP contribution in [-0.4, -0.2) is 18.4 Å². The van der Waals surface area contributed by atoms with Crippen LogP contribution in [0.4, 0.5) is 8.78 Å². The second-order valence-corrected chi connectivity index (χ2v) is 7.09. The van der Waals surface area contributed by atoms with E-state index in [1.807, 2.05) is 0 Å². The third kappa shape index (κ3) is 2.31. The molecule has 1 atom stereocenters. The first-order valence-corrected chi connectivity index (χ1v) is 7.94. The number of halogens is 2. The number of aryl methyl sites for hydroxylation is 1. The molecule has 1 unspecified atom stereocenters. The summed E-state index contributed by atoms with van der Waals surface area (Å²) in [6.45, 7) is 1.74. The second kappa shape index (κ2) is 4.84. The lowest BCUT2D eigenvalue weighted by molar-refractivity contribution is 0.569. The fraction of sp³-hybridized carbons (Fsp3) is 0.286. The Morgan fingerprint density at radius 1 is 1.19 bits per heavy atom. The van der Waals surface area contributed by atoms with E-state index in [1.165, 1.54) is 12.4 Å². The summed E-state index contributed by atoms with van der Waals surface area (Å²) in [4.78, 5) is 7.65. The van der Waals surface area contributed by atoms with Gasteiger partial charge in [0.05, 0.1) is 5.25 Å². The molecule has 1 heterocycles. The van der Waals surface area contributed by atoms with Crippen LogP contribution in [0.5, 0.6) is 0 Å². The van der Waals surface area contributed by atoms with Gasteiger partial charge < -0.3 is 0 Å². The minimum absolute atomic E-state index is 0.177. The molecule has 0 bridgehead atoms. The van der Waals surface area contributed by atoms with Crippen LogP contribution in [0.25, 0.3) is 0 Å². The van der Waals surface area contributed by atoms with Crippen LogP contribution >= 0.6 is 0 Å². The van der Waals surface area contributed by atoms with Gasteiger partial charge in [-0.2, -0.15) is 0 Å². The van der Waals surface area contributed by atoms with Crippen molar-refractivity contribution in [3.05, 3.63) is 52.9 Å². The van der Waals surface area contributed by atoms with Crippen molar-refractivity contribution in [1.29, 1.82) is 0 Å². The molecule has 0 saturated carbocycles. The Bertz CT molecular complexity index is 804. The van der Waals surface area contributed by atoms with Crippen LogP contribution in [0.1, 0.15) is 28.4 Å². The maximum atomic E-state index is 13.7. The number of aromatic nitrogens is 2. The van der Waals surface area contributed by atoms with E-state index in [0.29, 0.717) is 0 Å². The molecule has 3 rings (SSSR count). The van der Waals surface area contributed by atoms with Crippen molar-refractivity contribution in [2.45, 2.75) is 30.2 Å². The van der Waals surface area contributed by atoms with Crippen molar-refractivity contribution in [3.8, 4) is 0 Å². The van der Waals surface area contributed by atoms with Gasteiger partial charge in [0.2, 0.25) is 15.0 Å². The third-order valence-electron chi connectivity index (χ3n) is 3.58. The number of nitrogens with zero attached hydrogens (tertiary/aromatic N) is 2. The maximum Gasteiger partial charge on any atom is 0.247 e. The summed E-state index contributed by atoms with van der Waals surface area (Å²) in [5.41, 5.74) is 1.17. The molecule has 1 aliphatic carbocycles. The average Bonchev–Trinajstić information content (AvgIpc) is 2.83. The molecule has 0 radical (unpaired) electrons. The zero-order valence-electron chi connectivity index (χ0n) is 11.2. The molecule has 2 aromatic rings. The highest BCUT2D eigenvalue weighted by Gasteiger charge is 2.38. The minimum Gasteiger partial charge on any atom is -0.227 e. The number of hydrogen-bond donors (Lipinski definition) is 0. The zero-order valence-corrected chi connectivity index (χ0v) is 12.0. The van der Waals surface area contributed by atoms with Gasteiger partial charge in [-0.15, -0.1) is 0 Å². The molecule has 1 aromatic carbocycles. The van der Waals surface area contributed by atoms with Crippen molar-refractivity contribution < 1.29 is 17.2 Å². The molecule has 1 aromatic heterocycles. The predicted molar refractivity (Wildman–Crippen MR) is 71.4 cm³/mol. The molecular formula is C14H12F2N2O2S. The molecular weight excluding hydrogens is 298 g/mol. The standard InChI is InChI=1S/C14H12F2N2O2S/c1-8-6-17-14(18-7-8)21(19,20)13-3-2-10-11(13)4-9(15)5-12(10)16/h4-7,13H,2-3H2,1H3. The molecule has 0 saturated heterocycles. The third-order valence-corrected chi connectivity index (χ3v) is 5.54. The molecule has 0 amide bonds. The fourth-order valence-corrected chi connectivity index (χ4v) is 4.21. The number of fused-ring (bicyclic) bond motifs is 1. The van der Waals surface area contributed by atoms with E-state index in [9.17, 15) is 17.2 Å². The number of hydrogen-bond acceptors (Lipinski definition) is 4. The molecule has 7 heteroatoms. The van der Waals surface area contributed by atoms with E-state index in [-0.39, 0.29) is 29.1 Å². The van der Waals surface area contributed by atoms with Crippen LogP contribution in [0.2, 0.25) is 0 Å². The summed E-state index contributed by atoms with van der Waals surface area (Å²) in [6.07, 6.45) is 3.27. The smallest absolute Gasteiger partial charge is 0.227 e. The quantitative estimate of drug-likeness (QED) is 0.800. The van der Waals surface area contributed by atoms with E-state index < -0.39 is 26.7 Å². The van der Waals surface area contributed by atoms with Crippen LogP contribution in [0.3, 0.4) is 0 Å². The van der Waals surface area contributed by atoms with Crippen molar-refractivity contribution in [1.82, 2.24) is 9.97 Å². The van der Waals surface area contributed by atoms with Gasteiger partial charge in [0.15, 0.2) is 0 Å². The molecule has 1 aliphatic rings. The second-order valence-electron chi connectivity index (χ2n) is 5.07. The number of sulfone groups is 1. The lowest BCUT2D eigenvalue weighted by atomic mass is 10.1. The molecule has 21 heavy (non-hydrogen) atoms. The summed E-state index contributed by atoms with van der Waals surface area (Å²) in [7, 11) is -3.86. The highest BCUT2D eigenvalue weighted by atomic mass is 32.2. The summed E-state index contributed by atoms with van der Waals surface area (Å²) in [6, 6.07) is 1.86. The number of rotatable bonds is 2. The molecule has 4 nitrogen and oxygen atoms in total. The first kappa shape index (κ1) is 14.1. The van der Waals surface area contributed by atoms with Gasteiger partial charge in [0.1, 0.15) is 11.6 Å². The van der Waals surface area contributed by atoms with Gasteiger partial charge in [0, 0.05) is 18.5 Å². The van der Waals surface area contributed by atoms with Gasteiger partial charge >= 0.3 is 0 Å². The molecule has 0 spiro atoms. The van der Waals surface area contributed by atoms with E-state index >= 15 is 0 Å². The van der Waals surface area contributed by atoms with E-state index in [2.05, 4.69) is 9.97 Å². The van der Waals surface area contributed by atoms with Crippen molar-refractivity contribution in [2.75, 3.05) is 0 Å². The summed E-state index contributed by atoms with van der Waals surface area (Å²) in [5, 5.41) is -1.31. The van der Waals surface area contributed by atoms with Crippen molar-refractivity contribution >= 4 is 9.84 Å². The summed E-state index contributed by atoms with van der Waals surface area (Å²) >= 11 is 0. The lowest BCUT2D eigenvalue weighted by Crippen LogP contribution is -2.14. The Balaban J connectivity index is 2.10. The van der Waals surface area contributed by atoms with Crippen molar-refractivity contribution in [2.24, 2.45) is 0 Å². The molecule has 0 aliphatic heterocycles. The Morgan fingerprint density at radius 2 is 1.86 bits per heavy atom. The maximum absolute atomic E-state index is 13.7. The highest BCUT2D eigenvalue weighted by molar-refractivity contribution is 7.91.